The Bertz CT molecular complexity index is 614. The zero-order valence-corrected chi connectivity index (χ0v) is 13.9. The lowest BCUT2D eigenvalue weighted by molar-refractivity contribution is 0.240. The summed E-state index contributed by atoms with van der Waals surface area (Å²) in [6.45, 7) is 0.919. The van der Waals surface area contributed by atoms with Gasteiger partial charge in [-0.15, -0.1) is 0 Å². The van der Waals surface area contributed by atoms with Gasteiger partial charge in [0.25, 0.3) is 0 Å². The highest BCUT2D eigenvalue weighted by molar-refractivity contribution is 7.99. The van der Waals surface area contributed by atoms with E-state index in [1.54, 1.807) is 12.1 Å². The number of primary sulfonamides is 1. The molecule has 1 unspecified atom stereocenters. The second kappa shape index (κ2) is 7.85. The van der Waals surface area contributed by atoms with Crippen molar-refractivity contribution in [3.05, 3.63) is 29.8 Å². The Morgan fingerprint density at radius 3 is 2.86 bits per heavy atom. The maximum Gasteiger partial charge on any atom is 0.315 e. The number of hydrogen-bond acceptors (Lipinski definition) is 4. The normalized spacial score (nSPS) is 18.1. The zero-order chi connectivity index (χ0) is 16.0. The van der Waals surface area contributed by atoms with Crippen molar-refractivity contribution in [3.8, 4) is 0 Å². The predicted molar refractivity (Wildman–Crippen MR) is 88.1 cm³/mol. The summed E-state index contributed by atoms with van der Waals surface area (Å²) in [6, 6.07) is 5.99. The molecule has 1 heterocycles. The fraction of sp³-hybridized carbons (Fsp3) is 0.500. The molecule has 0 saturated carbocycles. The van der Waals surface area contributed by atoms with E-state index in [-0.39, 0.29) is 17.5 Å². The maximum absolute atomic E-state index is 11.7. The topological polar surface area (TPSA) is 101 Å². The quantitative estimate of drug-likeness (QED) is 0.724. The maximum atomic E-state index is 11.7. The van der Waals surface area contributed by atoms with Crippen LogP contribution in [0.25, 0.3) is 0 Å². The van der Waals surface area contributed by atoms with Crippen LogP contribution in [0.3, 0.4) is 0 Å². The molecule has 4 N–H and O–H groups in total. The summed E-state index contributed by atoms with van der Waals surface area (Å²) in [5.41, 5.74) is 0.689. The van der Waals surface area contributed by atoms with Gasteiger partial charge in [0.15, 0.2) is 0 Å². The molecule has 2 rings (SSSR count). The van der Waals surface area contributed by atoms with Gasteiger partial charge in [0.1, 0.15) is 0 Å². The van der Waals surface area contributed by atoms with Crippen LogP contribution in [0.5, 0.6) is 0 Å². The highest BCUT2D eigenvalue weighted by atomic mass is 32.2. The Morgan fingerprint density at radius 2 is 2.18 bits per heavy atom. The van der Waals surface area contributed by atoms with Crippen molar-refractivity contribution in [2.24, 2.45) is 11.1 Å². The van der Waals surface area contributed by atoms with E-state index in [4.69, 9.17) is 5.14 Å². The summed E-state index contributed by atoms with van der Waals surface area (Å²) in [5.74, 6) is 3.11. The Labute approximate surface area is 135 Å². The van der Waals surface area contributed by atoms with Gasteiger partial charge in [-0.3, -0.25) is 0 Å². The van der Waals surface area contributed by atoms with Gasteiger partial charge in [-0.25, -0.2) is 18.4 Å². The number of sulfonamides is 1. The first-order chi connectivity index (χ1) is 10.4. The largest absolute Gasteiger partial charge is 0.338 e. The molecule has 0 bridgehead atoms. The van der Waals surface area contributed by atoms with E-state index >= 15 is 0 Å². The van der Waals surface area contributed by atoms with E-state index in [0.29, 0.717) is 18.0 Å². The number of amides is 2. The first-order valence-corrected chi connectivity index (χ1v) is 9.86. The van der Waals surface area contributed by atoms with Gasteiger partial charge in [-0.05, 0) is 48.0 Å². The van der Waals surface area contributed by atoms with Crippen LogP contribution in [0, 0.1) is 5.92 Å². The van der Waals surface area contributed by atoms with Crippen LogP contribution in [0.4, 0.5) is 4.79 Å². The van der Waals surface area contributed by atoms with Gasteiger partial charge in [-0.2, -0.15) is 11.8 Å². The van der Waals surface area contributed by atoms with Crippen LogP contribution in [0.2, 0.25) is 0 Å². The Morgan fingerprint density at radius 1 is 1.36 bits per heavy atom. The number of rotatable bonds is 6. The molecule has 122 valence electrons. The minimum Gasteiger partial charge on any atom is -0.338 e. The summed E-state index contributed by atoms with van der Waals surface area (Å²) in [7, 11) is -3.72. The van der Waals surface area contributed by atoms with Gasteiger partial charge in [0, 0.05) is 13.1 Å². The molecule has 0 radical (unpaired) electrons. The molecule has 1 fully saturated rings. The molecule has 22 heavy (non-hydrogen) atoms. The van der Waals surface area contributed by atoms with Gasteiger partial charge in [-0.1, -0.05) is 12.1 Å². The van der Waals surface area contributed by atoms with Crippen molar-refractivity contribution in [2.75, 3.05) is 18.1 Å². The van der Waals surface area contributed by atoms with E-state index in [9.17, 15) is 13.2 Å². The van der Waals surface area contributed by atoms with Crippen LogP contribution >= 0.6 is 11.8 Å². The molecule has 0 spiro atoms. The summed E-state index contributed by atoms with van der Waals surface area (Å²) in [4.78, 5) is 11.7. The smallest absolute Gasteiger partial charge is 0.315 e. The lowest BCUT2D eigenvalue weighted by Gasteiger charge is -2.11. The van der Waals surface area contributed by atoms with Gasteiger partial charge >= 0.3 is 6.03 Å². The monoisotopic (exact) mass is 343 g/mol. The SMILES string of the molecule is NS(=O)(=O)c1cccc(CNC(=O)NCCC2CCSC2)c1. The van der Waals surface area contributed by atoms with Crippen molar-refractivity contribution >= 4 is 27.8 Å². The number of nitrogens with one attached hydrogen (secondary N) is 2. The number of carbonyl (C=O) groups is 1. The highest BCUT2D eigenvalue weighted by Gasteiger charge is 2.15. The third kappa shape index (κ3) is 5.51. The van der Waals surface area contributed by atoms with Crippen LogP contribution in [-0.4, -0.2) is 32.5 Å². The molecular weight excluding hydrogens is 322 g/mol. The van der Waals surface area contributed by atoms with Crippen molar-refractivity contribution in [1.82, 2.24) is 10.6 Å². The lowest BCUT2D eigenvalue weighted by Crippen LogP contribution is -2.36. The third-order valence-electron chi connectivity index (χ3n) is 3.54. The molecule has 0 aliphatic carbocycles. The van der Waals surface area contributed by atoms with Gasteiger partial charge in [0.2, 0.25) is 10.0 Å². The third-order valence-corrected chi connectivity index (χ3v) is 5.68. The van der Waals surface area contributed by atoms with Crippen molar-refractivity contribution < 1.29 is 13.2 Å². The fourth-order valence-corrected chi connectivity index (χ4v) is 4.20. The molecule has 1 aromatic rings. The van der Waals surface area contributed by atoms with Gasteiger partial charge < -0.3 is 10.6 Å². The predicted octanol–water partition coefficient (Wildman–Crippen LogP) is 1.28. The fourth-order valence-electron chi connectivity index (χ4n) is 2.28. The Balaban J connectivity index is 1.74. The van der Waals surface area contributed by atoms with E-state index in [1.165, 1.54) is 30.1 Å². The standard InChI is InChI=1S/C14H21N3O3S2/c15-22(19,20)13-3-1-2-12(8-13)9-17-14(18)16-6-4-11-5-7-21-10-11/h1-3,8,11H,4-7,9-10H2,(H2,15,19,20)(H2,16,17,18). The molecule has 2 amide bonds. The van der Waals surface area contributed by atoms with E-state index in [0.717, 1.165) is 6.42 Å². The summed E-state index contributed by atoms with van der Waals surface area (Å²) in [5, 5.41) is 10.6. The molecule has 1 saturated heterocycles. The number of carbonyl (C=O) groups excluding carboxylic acids is 1. The van der Waals surface area contributed by atoms with Crippen molar-refractivity contribution in [2.45, 2.75) is 24.3 Å². The summed E-state index contributed by atoms with van der Waals surface area (Å²) < 4.78 is 22.5. The molecule has 6 nitrogen and oxygen atoms in total. The van der Waals surface area contributed by atoms with Crippen molar-refractivity contribution in [1.29, 1.82) is 0 Å². The van der Waals surface area contributed by atoms with E-state index < -0.39 is 10.0 Å². The second-order valence-electron chi connectivity index (χ2n) is 5.32. The first-order valence-electron chi connectivity index (χ1n) is 7.16. The zero-order valence-electron chi connectivity index (χ0n) is 12.2. The molecule has 0 aromatic heterocycles. The van der Waals surface area contributed by atoms with Crippen molar-refractivity contribution in [3.63, 3.8) is 0 Å². The number of thioether (sulfide) groups is 1. The van der Waals surface area contributed by atoms with E-state index in [2.05, 4.69) is 10.6 Å². The van der Waals surface area contributed by atoms with Crippen LogP contribution in [0.1, 0.15) is 18.4 Å². The average molecular weight is 343 g/mol. The second-order valence-corrected chi connectivity index (χ2v) is 8.03. The molecule has 1 atom stereocenters. The summed E-state index contributed by atoms with van der Waals surface area (Å²) >= 11 is 1.96. The molecule has 1 aliphatic rings. The van der Waals surface area contributed by atoms with Crippen LogP contribution in [0.15, 0.2) is 29.2 Å². The summed E-state index contributed by atoms with van der Waals surface area (Å²) in [6.07, 6.45) is 2.23. The molecule has 1 aromatic carbocycles. The minimum absolute atomic E-state index is 0.0472. The molecular formula is C14H21N3O3S2. The minimum atomic E-state index is -3.72. The molecule has 1 aliphatic heterocycles. The number of benzene rings is 1. The first kappa shape index (κ1) is 17.1. The van der Waals surface area contributed by atoms with E-state index in [1.807, 2.05) is 11.8 Å². The lowest BCUT2D eigenvalue weighted by atomic mass is 10.1. The molecule has 8 heteroatoms. The highest BCUT2D eigenvalue weighted by Crippen LogP contribution is 2.25. The number of hydrogen-bond donors (Lipinski definition) is 3. The van der Waals surface area contributed by atoms with Crippen LogP contribution < -0.4 is 15.8 Å². The Kier molecular flexibility index (Phi) is 6.10. The number of urea groups is 1. The number of nitrogens with two attached hydrogens (primary N) is 1. The Hall–Kier alpha value is -1.25. The van der Waals surface area contributed by atoms with Gasteiger partial charge in [0.05, 0.1) is 4.90 Å². The van der Waals surface area contributed by atoms with Crippen LogP contribution in [-0.2, 0) is 16.6 Å². The average Bonchev–Trinajstić information content (AvgIpc) is 2.98.